The summed E-state index contributed by atoms with van der Waals surface area (Å²) in [6.45, 7) is 3.01. The van der Waals surface area contributed by atoms with Gasteiger partial charge in [0.2, 0.25) is 0 Å². The van der Waals surface area contributed by atoms with Crippen molar-refractivity contribution in [2.24, 2.45) is 0 Å². The molecule has 1 heterocycles. The van der Waals surface area contributed by atoms with Crippen LogP contribution in [0.4, 0.5) is 5.82 Å². The van der Waals surface area contributed by atoms with Gasteiger partial charge in [0.1, 0.15) is 5.82 Å². The minimum atomic E-state index is 0.910. The van der Waals surface area contributed by atoms with Crippen molar-refractivity contribution in [2.45, 2.75) is 71.1 Å². The van der Waals surface area contributed by atoms with Crippen LogP contribution in [0.3, 0.4) is 0 Å². The number of rotatable bonds is 2. The summed E-state index contributed by atoms with van der Waals surface area (Å²) in [6.07, 6.45) is 13.2. The molecule has 1 aliphatic carbocycles. The van der Waals surface area contributed by atoms with Crippen molar-refractivity contribution in [3.8, 4) is 0 Å². The highest BCUT2D eigenvalue weighted by atomic mass is 15.2. The summed E-state index contributed by atoms with van der Waals surface area (Å²) in [4.78, 5) is 0. The maximum Gasteiger partial charge on any atom is 0.148 e. The Morgan fingerprint density at radius 3 is 2.21 bits per heavy atom. The topological polar surface area (TPSA) is 37.8 Å². The fourth-order valence-corrected chi connectivity index (χ4v) is 2.82. The zero-order valence-electron chi connectivity index (χ0n) is 12.2. The van der Waals surface area contributed by atoms with Gasteiger partial charge in [0.15, 0.2) is 0 Å². The second-order valence-corrected chi connectivity index (χ2v) is 5.56. The van der Waals surface area contributed by atoms with Gasteiger partial charge in [0.05, 0.1) is 5.69 Å². The summed E-state index contributed by atoms with van der Waals surface area (Å²) in [5.74, 6) is 0.938. The van der Waals surface area contributed by atoms with Gasteiger partial charge in [0.25, 0.3) is 0 Å². The molecule has 0 spiro atoms. The molecule has 1 N–H and O–H groups in total. The second kappa shape index (κ2) is 8.13. The number of hydrogen-bond acceptors (Lipinski definition) is 3. The molecule has 0 aliphatic heterocycles. The zero-order chi connectivity index (χ0) is 13.3. The summed E-state index contributed by atoms with van der Waals surface area (Å²) in [5.41, 5.74) is 2.66. The summed E-state index contributed by atoms with van der Waals surface area (Å²) in [5, 5.41) is 12.0. The van der Waals surface area contributed by atoms with E-state index < -0.39 is 0 Å². The van der Waals surface area contributed by atoms with E-state index in [1.807, 2.05) is 0 Å². The molecular weight excluding hydrogens is 234 g/mol. The highest BCUT2D eigenvalue weighted by Gasteiger charge is 2.08. The number of anilines is 1. The molecule has 19 heavy (non-hydrogen) atoms. The third-order valence-corrected chi connectivity index (χ3v) is 3.93. The van der Waals surface area contributed by atoms with E-state index in [0.29, 0.717) is 0 Å². The minimum Gasteiger partial charge on any atom is -0.369 e. The number of fused-ring (bicyclic) bond motifs is 1. The van der Waals surface area contributed by atoms with Crippen LogP contribution >= 0.6 is 0 Å². The molecule has 0 aromatic carbocycles. The quantitative estimate of drug-likeness (QED) is 0.870. The predicted octanol–water partition coefficient (Wildman–Crippen LogP) is 4.13. The van der Waals surface area contributed by atoms with E-state index in [9.17, 15) is 0 Å². The summed E-state index contributed by atoms with van der Waals surface area (Å²) < 4.78 is 0. The van der Waals surface area contributed by atoms with Crippen LogP contribution in [0, 0.1) is 0 Å². The Bertz CT molecular complexity index is 376. The minimum absolute atomic E-state index is 0.910. The van der Waals surface area contributed by atoms with E-state index in [1.54, 1.807) is 0 Å². The molecular formula is C16H27N3. The van der Waals surface area contributed by atoms with Gasteiger partial charge < -0.3 is 5.32 Å². The third kappa shape index (κ3) is 4.81. The van der Waals surface area contributed by atoms with Crippen molar-refractivity contribution >= 4 is 5.82 Å². The van der Waals surface area contributed by atoms with Crippen LogP contribution < -0.4 is 5.32 Å². The van der Waals surface area contributed by atoms with Crippen molar-refractivity contribution in [1.29, 1.82) is 0 Å². The molecule has 0 saturated heterocycles. The molecule has 1 aromatic heterocycles. The van der Waals surface area contributed by atoms with E-state index in [4.69, 9.17) is 0 Å². The molecule has 1 aromatic rings. The smallest absolute Gasteiger partial charge is 0.148 e. The maximum atomic E-state index is 4.45. The highest BCUT2D eigenvalue weighted by Crippen LogP contribution is 2.19. The van der Waals surface area contributed by atoms with Crippen molar-refractivity contribution in [3.05, 3.63) is 17.3 Å². The highest BCUT2D eigenvalue weighted by molar-refractivity contribution is 5.38. The average molecular weight is 261 g/mol. The average Bonchev–Trinajstić information content (AvgIpc) is 2.41. The lowest BCUT2D eigenvalue weighted by Gasteiger charge is -2.12. The van der Waals surface area contributed by atoms with Crippen molar-refractivity contribution < 1.29 is 0 Å². The van der Waals surface area contributed by atoms with Crippen LogP contribution in [-0.4, -0.2) is 16.7 Å². The van der Waals surface area contributed by atoms with Gasteiger partial charge in [-0.15, -0.1) is 5.10 Å². The molecule has 0 amide bonds. The molecule has 2 rings (SSSR count). The van der Waals surface area contributed by atoms with Crippen LogP contribution in [-0.2, 0) is 12.8 Å². The van der Waals surface area contributed by atoms with Crippen molar-refractivity contribution in [1.82, 2.24) is 10.2 Å². The molecule has 0 bridgehead atoms. The first-order chi connectivity index (χ1) is 9.40. The first kappa shape index (κ1) is 14.3. The normalized spacial score (nSPS) is 17.9. The van der Waals surface area contributed by atoms with Crippen LogP contribution in [0.15, 0.2) is 6.07 Å². The van der Waals surface area contributed by atoms with Crippen LogP contribution in [0.5, 0.6) is 0 Å². The molecule has 0 atom stereocenters. The monoisotopic (exact) mass is 261 g/mol. The van der Waals surface area contributed by atoms with E-state index >= 15 is 0 Å². The number of aromatic nitrogens is 2. The van der Waals surface area contributed by atoms with Gasteiger partial charge in [-0.2, -0.15) is 5.10 Å². The first-order valence-corrected chi connectivity index (χ1v) is 7.99. The summed E-state index contributed by atoms with van der Waals surface area (Å²) in [6, 6.07) is 2.22. The van der Waals surface area contributed by atoms with Crippen LogP contribution in [0.1, 0.15) is 69.5 Å². The van der Waals surface area contributed by atoms with Gasteiger partial charge in [-0.25, -0.2) is 0 Å². The van der Waals surface area contributed by atoms with Gasteiger partial charge in [-0.05, 0) is 44.2 Å². The lowest BCUT2D eigenvalue weighted by Crippen LogP contribution is -2.07. The van der Waals surface area contributed by atoms with Gasteiger partial charge in [-0.1, -0.05) is 38.5 Å². The lowest BCUT2D eigenvalue weighted by molar-refractivity contribution is 0.555. The Morgan fingerprint density at radius 1 is 0.895 bits per heavy atom. The Labute approximate surface area is 117 Å². The molecule has 3 nitrogen and oxygen atoms in total. The first-order valence-electron chi connectivity index (χ1n) is 7.99. The van der Waals surface area contributed by atoms with E-state index in [1.165, 1.54) is 69.0 Å². The summed E-state index contributed by atoms with van der Waals surface area (Å²) in [7, 11) is 0. The molecule has 0 unspecified atom stereocenters. The van der Waals surface area contributed by atoms with E-state index in [0.717, 1.165) is 18.8 Å². The molecule has 3 heteroatoms. The number of hydrogen-bond donors (Lipinski definition) is 1. The fraction of sp³-hybridized carbons (Fsp3) is 0.750. The predicted molar refractivity (Wildman–Crippen MR) is 80.5 cm³/mol. The SMILES string of the molecule is CCNc1cc2c(nn1)CCCCCCCCCC2. The standard InChI is InChI=1S/C16H27N3/c1-2-17-16-13-14-11-9-7-5-3-4-6-8-10-12-15(14)18-19-16/h13H,2-12H2,1H3,(H,17,19). The van der Waals surface area contributed by atoms with Crippen molar-refractivity contribution in [2.75, 3.05) is 11.9 Å². The Hall–Kier alpha value is -1.12. The fourth-order valence-electron chi connectivity index (χ4n) is 2.82. The number of nitrogens with one attached hydrogen (secondary N) is 1. The lowest BCUT2D eigenvalue weighted by atomic mass is 9.99. The number of nitrogens with zero attached hydrogens (tertiary/aromatic N) is 2. The maximum absolute atomic E-state index is 4.45. The second-order valence-electron chi connectivity index (χ2n) is 5.56. The van der Waals surface area contributed by atoms with Gasteiger partial charge in [-0.3, -0.25) is 0 Å². The largest absolute Gasteiger partial charge is 0.369 e. The zero-order valence-corrected chi connectivity index (χ0v) is 12.2. The van der Waals surface area contributed by atoms with Crippen molar-refractivity contribution in [3.63, 3.8) is 0 Å². The molecule has 0 saturated carbocycles. The van der Waals surface area contributed by atoms with Gasteiger partial charge >= 0.3 is 0 Å². The molecule has 0 fully saturated rings. The van der Waals surface area contributed by atoms with Gasteiger partial charge in [0, 0.05) is 6.54 Å². The van der Waals surface area contributed by atoms with Crippen LogP contribution in [0.25, 0.3) is 0 Å². The molecule has 0 radical (unpaired) electrons. The Kier molecular flexibility index (Phi) is 6.12. The van der Waals surface area contributed by atoms with E-state index in [-0.39, 0.29) is 0 Å². The number of aryl methyl sites for hydroxylation is 2. The molecule has 1 aliphatic rings. The Morgan fingerprint density at radius 2 is 1.53 bits per heavy atom. The van der Waals surface area contributed by atoms with Crippen LogP contribution in [0.2, 0.25) is 0 Å². The van der Waals surface area contributed by atoms with E-state index in [2.05, 4.69) is 28.5 Å². The Balaban J connectivity index is 2.06. The molecule has 106 valence electrons. The summed E-state index contributed by atoms with van der Waals surface area (Å²) >= 11 is 0. The third-order valence-electron chi connectivity index (χ3n) is 3.93.